The van der Waals surface area contributed by atoms with Crippen molar-refractivity contribution in [2.45, 2.75) is 32.7 Å². The molecule has 1 heterocycles. The molecule has 0 spiro atoms. The van der Waals surface area contributed by atoms with Crippen LogP contribution in [0.1, 0.15) is 35.7 Å². The summed E-state index contributed by atoms with van der Waals surface area (Å²) in [5, 5.41) is 0. The molecular formula is C17H26N2O3. The van der Waals surface area contributed by atoms with Gasteiger partial charge in [0.1, 0.15) is 11.5 Å². The van der Waals surface area contributed by atoms with Crippen LogP contribution >= 0.6 is 0 Å². The average molecular weight is 306 g/mol. The Labute approximate surface area is 132 Å². The van der Waals surface area contributed by atoms with E-state index in [4.69, 9.17) is 15.2 Å². The second-order valence-electron chi connectivity index (χ2n) is 6.02. The monoisotopic (exact) mass is 306 g/mol. The second-order valence-corrected chi connectivity index (χ2v) is 6.02. The number of ether oxygens (including phenoxy) is 2. The van der Waals surface area contributed by atoms with Gasteiger partial charge >= 0.3 is 0 Å². The maximum atomic E-state index is 12.9. The molecule has 1 fully saturated rings. The van der Waals surface area contributed by atoms with E-state index in [-0.39, 0.29) is 11.9 Å². The number of nitrogens with zero attached hydrogens (tertiary/aromatic N) is 1. The smallest absolute Gasteiger partial charge is 0.254 e. The maximum Gasteiger partial charge on any atom is 0.254 e. The zero-order chi connectivity index (χ0) is 16.3. The zero-order valence-corrected chi connectivity index (χ0v) is 13.9. The molecular weight excluding hydrogens is 280 g/mol. The molecule has 5 nitrogen and oxygen atoms in total. The summed E-state index contributed by atoms with van der Waals surface area (Å²) in [6.07, 6.45) is 1.98. The third-order valence-corrected chi connectivity index (χ3v) is 4.51. The fourth-order valence-corrected chi connectivity index (χ4v) is 3.12. The third-order valence-electron chi connectivity index (χ3n) is 4.51. The summed E-state index contributed by atoms with van der Waals surface area (Å²) in [6.45, 7) is 5.37. The summed E-state index contributed by atoms with van der Waals surface area (Å²) >= 11 is 0. The minimum Gasteiger partial charge on any atom is -0.496 e. The first-order chi connectivity index (χ1) is 10.5. The summed E-state index contributed by atoms with van der Waals surface area (Å²) in [7, 11) is 3.20. The van der Waals surface area contributed by atoms with E-state index in [0.29, 0.717) is 29.5 Å². The molecule has 1 saturated heterocycles. The second kappa shape index (κ2) is 7.01. The molecule has 1 aliphatic heterocycles. The van der Waals surface area contributed by atoms with Gasteiger partial charge in [-0.3, -0.25) is 4.79 Å². The van der Waals surface area contributed by atoms with E-state index in [1.807, 2.05) is 11.8 Å². The molecule has 2 unspecified atom stereocenters. The number of methoxy groups -OCH3 is 2. The van der Waals surface area contributed by atoms with Gasteiger partial charge in [0.25, 0.3) is 5.91 Å². The Morgan fingerprint density at radius 3 is 2.41 bits per heavy atom. The Morgan fingerprint density at radius 1 is 1.32 bits per heavy atom. The lowest BCUT2D eigenvalue weighted by Gasteiger charge is -2.38. The predicted molar refractivity (Wildman–Crippen MR) is 86.6 cm³/mol. The summed E-state index contributed by atoms with van der Waals surface area (Å²) in [5.41, 5.74) is 7.35. The largest absolute Gasteiger partial charge is 0.496 e. The van der Waals surface area contributed by atoms with Crippen molar-refractivity contribution in [3.8, 4) is 11.5 Å². The molecule has 0 saturated carbocycles. The van der Waals surface area contributed by atoms with Gasteiger partial charge in [-0.25, -0.2) is 0 Å². The molecule has 1 aliphatic rings. The van der Waals surface area contributed by atoms with Gasteiger partial charge < -0.3 is 20.1 Å². The first-order valence-corrected chi connectivity index (χ1v) is 7.75. The number of piperidine rings is 1. The Bertz CT molecular complexity index is 520. The minimum absolute atomic E-state index is 0.000972. The number of likely N-dealkylation sites (tertiary alicyclic amines) is 1. The summed E-state index contributed by atoms with van der Waals surface area (Å²) in [4.78, 5) is 14.8. The molecule has 122 valence electrons. The van der Waals surface area contributed by atoms with Crippen molar-refractivity contribution in [3.05, 3.63) is 23.3 Å². The Hall–Kier alpha value is -1.75. The summed E-state index contributed by atoms with van der Waals surface area (Å²) < 4.78 is 10.7. The molecule has 0 aromatic heterocycles. The van der Waals surface area contributed by atoms with Crippen molar-refractivity contribution in [3.63, 3.8) is 0 Å². The lowest BCUT2D eigenvalue weighted by molar-refractivity contribution is 0.0573. The first kappa shape index (κ1) is 16.6. The molecule has 2 rings (SSSR count). The molecule has 2 N–H and O–H groups in total. The van der Waals surface area contributed by atoms with Crippen LogP contribution < -0.4 is 15.2 Å². The van der Waals surface area contributed by atoms with Gasteiger partial charge in [0.05, 0.1) is 14.2 Å². The molecule has 22 heavy (non-hydrogen) atoms. The van der Waals surface area contributed by atoms with Crippen LogP contribution in [0.3, 0.4) is 0 Å². The van der Waals surface area contributed by atoms with E-state index in [1.54, 1.807) is 26.4 Å². The molecule has 5 heteroatoms. The van der Waals surface area contributed by atoms with Gasteiger partial charge in [0, 0.05) is 30.3 Å². The predicted octanol–water partition coefficient (Wildman–Crippen LogP) is 2.21. The van der Waals surface area contributed by atoms with Gasteiger partial charge in [0.2, 0.25) is 0 Å². The number of amides is 1. The van der Waals surface area contributed by atoms with Gasteiger partial charge in [-0.15, -0.1) is 0 Å². The van der Waals surface area contributed by atoms with Crippen LogP contribution in [0.15, 0.2) is 12.1 Å². The average Bonchev–Trinajstić information content (AvgIpc) is 2.54. The highest BCUT2D eigenvalue weighted by atomic mass is 16.5. The number of hydrogen-bond acceptors (Lipinski definition) is 4. The lowest BCUT2D eigenvalue weighted by atomic mass is 9.91. The number of hydrogen-bond donors (Lipinski definition) is 1. The van der Waals surface area contributed by atoms with E-state index in [1.165, 1.54) is 0 Å². The van der Waals surface area contributed by atoms with E-state index < -0.39 is 0 Å². The highest BCUT2D eigenvalue weighted by Gasteiger charge is 2.30. The van der Waals surface area contributed by atoms with Crippen LogP contribution in [0.5, 0.6) is 11.5 Å². The van der Waals surface area contributed by atoms with Crippen molar-refractivity contribution in [1.82, 2.24) is 4.90 Å². The summed E-state index contributed by atoms with van der Waals surface area (Å²) in [5.74, 6) is 1.94. The Morgan fingerprint density at radius 2 is 1.91 bits per heavy atom. The van der Waals surface area contributed by atoms with Crippen molar-refractivity contribution < 1.29 is 14.3 Å². The van der Waals surface area contributed by atoms with E-state index >= 15 is 0 Å². The Kier molecular flexibility index (Phi) is 5.29. The van der Waals surface area contributed by atoms with E-state index in [2.05, 4.69) is 6.92 Å². The van der Waals surface area contributed by atoms with Crippen molar-refractivity contribution in [2.24, 2.45) is 11.7 Å². The van der Waals surface area contributed by atoms with Crippen LogP contribution in [0, 0.1) is 12.8 Å². The molecule has 1 aromatic rings. The highest BCUT2D eigenvalue weighted by molar-refractivity contribution is 5.95. The van der Waals surface area contributed by atoms with Crippen LogP contribution in [0.4, 0.5) is 0 Å². The molecule has 1 amide bonds. The SMILES string of the molecule is COc1cc(C(=O)N2CCC(C)CC2CN)cc(OC)c1C. The number of benzene rings is 1. The number of nitrogens with two attached hydrogens (primary N) is 1. The van der Waals surface area contributed by atoms with Gasteiger partial charge in [0.15, 0.2) is 0 Å². The highest BCUT2D eigenvalue weighted by Crippen LogP contribution is 2.31. The quantitative estimate of drug-likeness (QED) is 0.926. The van der Waals surface area contributed by atoms with Crippen LogP contribution in [-0.4, -0.2) is 44.2 Å². The van der Waals surface area contributed by atoms with E-state index in [9.17, 15) is 4.79 Å². The Balaban J connectivity index is 2.32. The molecule has 2 atom stereocenters. The third kappa shape index (κ3) is 3.19. The van der Waals surface area contributed by atoms with Gasteiger partial charge in [-0.2, -0.15) is 0 Å². The van der Waals surface area contributed by atoms with Crippen molar-refractivity contribution in [2.75, 3.05) is 27.3 Å². The number of carbonyl (C=O) groups is 1. The van der Waals surface area contributed by atoms with Crippen LogP contribution in [-0.2, 0) is 0 Å². The minimum atomic E-state index is -0.000972. The molecule has 0 radical (unpaired) electrons. The van der Waals surface area contributed by atoms with Crippen molar-refractivity contribution in [1.29, 1.82) is 0 Å². The normalized spacial score (nSPS) is 21.6. The molecule has 1 aromatic carbocycles. The first-order valence-electron chi connectivity index (χ1n) is 7.75. The molecule has 0 bridgehead atoms. The van der Waals surface area contributed by atoms with Crippen LogP contribution in [0.2, 0.25) is 0 Å². The topological polar surface area (TPSA) is 64.8 Å². The van der Waals surface area contributed by atoms with E-state index in [0.717, 1.165) is 24.9 Å². The fourth-order valence-electron chi connectivity index (χ4n) is 3.12. The molecule has 0 aliphatic carbocycles. The number of carbonyl (C=O) groups excluding carboxylic acids is 1. The zero-order valence-electron chi connectivity index (χ0n) is 13.9. The van der Waals surface area contributed by atoms with Crippen LogP contribution in [0.25, 0.3) is 0 Å². The van der Waals surface area contributed by atoms with Gasteiger partial charge in [-0.1, -0.05) is 6.92 Å². The maximum absolute atomic E-state index is 12.9. The fraction of sp³-hybridized carbons (Fsp3) is 0.588. The van der Waals surface area contributed by atoms with Gasteiger partial charge in [-0.05, 0) is 37.8 Å². The lowest BCUT2D eigenvalue weighted by Crippen LogP contribution is -2.49. The van der Waals surface area contributed by atoms with Crippen molar-refractivity contribution >= 4 is 5.91 Å². The summed E-state index contributed by atoms with van der Waals surface area (Å²) in [6, 6.07) is 3.67. The number of rotatable bonds is 4. The standard InChI is InChI=1S/C17H26N2O3/c1-11-5-6-19(14(7-11)10-18)17(20)13-8-15(21-3)12(2)16(9-13)22-4/h8-9,11,14H,5-7,10,18H2,1-4H3.